The molecule has 5 heterocycles. The summed E-state index contributed by atoms with van der Waals surface area (Å²) in [6.07, 6.45) is 13.4. The molecule has 3 aliphatic carbocycles. The largest absolute Gasteiger partial charge is 0.471 e. The third-order valence-corrected chi connectivity index (χ3v) is 12.0. The van der Waals surface area contributed by atoms with Crippen LogP contribution in [0.2, 0.25) is 0 Å². The number of carbonyl (C=O) groups is 5. The molecule has 6 amide bonds. The van der Waals surface area contributed by atoms with Gasteiger partial charge in [0.2, 0.25) is 23.6 Å². The Hall–Kier alpha value is -5.12. The number of thiophene rings is 1. The van der Waals surface area contributed by atoms with Crippen LogP contribution < -0.4 is 31.5 Å². The number of aromatic nitrogens is 3. The van der Waals surface area contributed by atoms with Crippen molar-refractivity contribution >= 4 is 51.2 Å². The lowest BCUT2D eigenvalue weighted by Crippen LogP contribution is -2.60. The summed E-state index contributed by atoms with van der Waals surface area (Å²) in [4.78, 5) is 83.5. The summed E-state index contributed by atoms with van der Waals surface area (Å²) in [7, 11) is 0. The van der Waals surface area contributed by atoms with Crippen molar-refractivity contribution in [1.29, 1.82) is 0 Å². The summed E-state index contributed by atoms with van der Waals surface area (Å²) in [6, 6.07) is 5.11. The summed E-state index contributed by atoms with van der Waals surface area (Å²) in [5.41, 5.74) is 5.02. The summed E-state index contributed by atoms with van der Waals surface area (Å²) in [5, 5.41) is 10.8. The van der Waals surface area contributed by atoms with Crippen molar-refractivity contribution in [2.75, 3.05) is 6.54 Å². The number of hydrazine groups is 1. The van der Waals surface area contributed by atoms with Gasteiger partial charge in [0, 0.05) is 30.5 Å². The van der Waals surface area contributed by atoms with Gasteiger partial charge in [0.1, 0.15) is 34.1 Å². The lowest BCUT2D eigenvalue weighted by atomic mass is 10.0. The molecule has 16 heteroatoms. The molecular weight excluding hydrogens is 711 g/mol. The Balaban J connectivity index is 1.07. The average Bonchev–Trinajstić information content (AvgIpc) is 3.92. The van der Waals surface area contributed by atoms with Crippen molar-refractivity contribution in [2.45, 2.75) is 107 Å². The molecule has 0 spiro atoms. The smallest absolute Gasteiger partial charge is 0.315 e. The van der Waals surface area contributed by atoms with E-state index in [9.17, 15) is 24.0 Å². The zero-order chi connectivity index (χ0) is 37.2. The Morgan fingerprint density at radius 3 is 2.59 bits per heavy atom. The van der Waals surface area contributed by atoms with Gasteiger partial charge in [0.05, 0.1) is 12.1 Å². The maximum Gasteiger partial charge on any atom is 0.315 e. The fraction of sp³-hybridized carbons (Fsp3) is 0.526. The number of allylic oxidation sites excluding steroid dienone is 1. The first-order valence-corrected chi connectivity index (χ1v) is 19.9. The minimum Gasteiger partial charge on any atom is -0.471 e. The van der Waals surface area contributed by atoms with Gasteiger partial charge in [-0.05, 0) is 74.9 Å². The standard InChI is InChI=1S/C38H45N9O6S/c48-32(22-14-15-22)45-46-36(51)38-20-23(38)9-3-1-2-4-13-28(42-37(52)40-24-10-5-6-11-24)35(50)47-21-25(19-29(47)33(49)44-38)53-34-30-26(16-18-54-30)41-31(43-34)27-12-7-8-17-39-27/h3,7-9,12,16-18,22-25,28-29H,1-2,4-6,10-11,13-15,19-21H2,(H,44,49)(H,45,48)(H,46,51)(H2,40,42,52)/b9-3-/t23-,25-,28+,29+,38-/m1/s1. The average molecular weight is 756 g/mol. The molecule has 0 bridgehead atoms. The number of urea groups is 1. The van der Waals surface area contributed by atoms with Crippen LogP contribution in [-0.4, -0.2) is 85.8 Å². The molecule has 5 aliphatic rings. The van der Waals surface area contributed by atoms with Crippen LogP contribution in [0.15, 0.2) is 48.0 Å². The maximum absolute atomic E-state index is 14.6. The van der Waals surface area contributed by atoms with Gasteiger partial charge in [-0.25, -0.2) is 9.78 Å². The molecule has 3 aromatic rings. The highest BCUT2D eigenvalue weighted by molar-refractivity contribution is 7.17. The van der Waals surface area contributed by atoms with Crippen LogP contribution in [0.1, 0.15) is 77.0 Å². The molecule has 5 atom stereocenters. The number of rotatable bonds is 7. The summed E-state index contributed by atoms with van der Waals surface area (Å²) >= 11 is 1.42. The first-order valence-electron chi connectivity index (χ1n) is 19.1. The lowest BCUT2D eigenvalue weighted by Gasteiger charge is -2.30. The van der Waals surface area contributed by atoms with E-state index in [0.717, 1.165) is 49.6 Å². The van der Waals surface area contributed by atoms with Crippen molar-refractivity contribution in [2.24, 2.45) is 11.8 Å². The van der Waals surface area contributed by atoms with Crippen molar-refractivity contribution in [3.8, 4) is 17.4 Å². The molecule has 15 nitrogen and oxygen atoms in total. The summed E-state index contributed by atoms with van der Waals surface area (Å²) < 4.78 is 7.28. The molecule has 0 unspecified atom stereocenters. The Morgan fingerprint density at radius 1 is 0.963 bits per heavy atom. The molecule has 2 aliphatic heterocycles. The third-order valence-electron chi connectivity index (χ3n) is 11.1. The molecule has 284 valence electrons. The molecule has 3 aromatic heterocycles. The minimum absolute atomic E-state index is 0.0507. The zero-order valence-electron chi connectivity index (χ0n) is 29.9. The van der Waals surface area contributed by atoms with E-state index in [1.165, 1.54) is 16.2 Å². The van der Waals surface area contributed by atoms with E-state index in [1.54, 1.807) is 6.20 Å². The molecule has 3 saturated carbocycles. The number of amides is 6. The van der Waals surface area contributed by atoms with Crippen molar-refractivity contribution in [3.05, 3.63) is 48.0 Å². The number of hydrogen-bond acceptors (Lipinski definition) is 10. The predicted molar refractivity (Wildman–Crippen MR) is 198 cm³/mol. The van der Waals surface area contributed by atoms with E-state index < -0.39 is 47.5 Å². The van der Waals surface area contributed by atoms with Gasteiger partial charge in [-0.1, -0.05) is 37.5 Å². The number of fused-ring (bicyclic) bond motifs is 3. The van der Waals surface area contributed by atoms with Crippen LogP contribution in [0.4, 0.5) is 4.79 Å². The first kappa shape index (κ1) is 35.9. The topological polar surface area (TPSA) is 197 Å². The number of nitrogens with one attached hydrogen (secondary N) is 5. The highest BCUT2D eigenvalue weighted by atomic mass is 32.1. The monoisotopic (exact) mass is 755 g/mol. The highest BCUT2D eigenvalue weighted by Gasteiger charge is 2.61. The Labute approximate surface area is 316 Å². The van der Waals surface area contributed by atoms with Crippen LogP contribution in [0, 0.1) is 11.8 Å². The van der Waals surface area contributed by atoms with Crippen molar-refractivity contribution < 1.29 is 28.7 Å². The van der Waals surface area contributed by atoms with E-state index in [4.69, 9.17) is 9.72 Å². The molecule has 8 rings (SSSR count). The van der Waals surface area contributed by atoms with Gasteiger partial charge in [0.25, 0.3) is 5.91 Å². The lowest BCUT2D eigenvalue weighted by molar-refractivity contribution is -0.141. The predicted octanol–water partition coefficient (Wildman–Crippen LogP) is 3.27. The van der Waals surface area contributed by atoms with E-state index >= 15 is 0 Å². The van der Waals surface area contributed by atoms with Gasteiger partial charge in [-0.2, -0.15) is 4.98 Å². The quantitative estimate of drug-likeness (QED) is 0.178. The Bertz CT molecular complexity index is 1950. The number of hydrogen-bond donors (Lipinski definition) is 5. The molecule has 1 saturated heterocycles. The second kappa shape index (κ2) is 15.3. The Morgan fingerprint density at radius 2 is 1.80 bits per heavy atom. The van der Waals surface area contributed by atoms with Gasteiger partial charge >= 0.3 is 6.03 Å². The number of carbonyl (C=O) groups excluding carboxylic acids is 5. The zero-order valence-corrected chi connectivity index (χ0v) is 30.7. The number of pyridine rings is 1. The van der Waals surface area contributed by atoms with Crippen LogP contribution >= 0.6 is 11.3 Å². The number of ether oxygens (including phenoxy) is 1. The fourth-order valence-electron chi connectivity index (χ4n) is 7.81. The molecule has 5 N–H and O–H groups in total. The minimum atomic E-state index is -1.30. The highest BCUT2D eigenvalue weighted by Crippen LogP contribution is 2.45. The molecule has 4 fully saturated rings. The van der Waals surface area contributed by atoms with Crippen LogP contribution in [-0.2, 0) is 19.2 Å². The summed E-state index contributed by atoms with van der Waals surface area (Å²) in [6.45, 7) is 0.0507. The van der Waals surface area contributed by atoms with E-state index in [2.05, 4.69) is 36.8 Å². The molecule has 0 radical (unpaired) electrons. The van der Waals surface area contributed by atoms with E-state index in [1.807, 2.05) is 41.8 Å². The molecule has 0 aromatic carbocycles. The SMILES string of the molecule is O=C(NC1CCCC1)N[C@H]1CCCC/C=C\[C@@H]2C[C@@]2(C(=O)NNC(=O)C2CC2)NC(=O)[C@@H]2C[C@@H](Oc3nc(-c4ccccn4)nc4ccsc34)CN2C1=O. The second-order valence-electron chi connectivity index (χ2n) is 15.0. The van der Waals surface area contributed by atoms with E-state index in [-0.39, 0.29) is 36.8 Å². The Kier molecular flexibility index (Phi) is 10.2. The molecule has 54 heavy (non-hydrogen) atoms. The summed E-state index contributed by atoms with van der Waals surface area (Å²) in [5.74, 6) is -1.37. The maximum atomic E-state index is 14.6. The number of nitrogens with zero attached hydrogens (tertiary/aromatic N) is 4. The van der Waals surface area contributed by atoms with Crippen molar-refractivity contribution in [3.63, 3.8) is 0 Å². The van der Waals surface area contributed by atoms with Gasteiger partial charge in [-0.3, -0.25) is 35.0 Å². The molecular formula is C38H45N9O6S. The van der Waals surface area contributed by atoms with Crippen LogP contribution in [0.5, 0.6) is 5.88 Å². The first-order chi connectivity index (χ1) is 26.3. The van der Waals surface area contributed by atoms with Gasteiger partial charge in [-0.15, -0.1) is 11.3 Å². The van der Waals surface area contributed by atoms with Crippen LogP contribution in [0.3, 0.4) is 0 Å². The normalized spacial score (nSPS) is 27.9. The van der Waals surface area contributed by atoms with E-state index in [0.29, 0.717) is 48.6 Å². The van der Waals surface area contributed by atoms with Gasteiger partial charge < -0.3 is 25.6 Å². The van der Waals surface area contributed by atoms with Crippen molar-refractivity contribution in [1.82, 2.24) is 46.7 Å². The second-order valence-corrected chi connectivity index (χ2v) is 16.0. The van der Waals surface area contributed by atoms with Gasteiger partial charge in [0.15, 0.2) is 5.82 Å². The third kappa shape index (κ3) is 7.74. The van der Waals surface area contributed by atoms with Crippen LogP contribution in [0.25, 0.3) is 21.7 Å². The fourth-order valence-corrected chi connectivity index (χ4v) is 8.57.